The molecule has 1 saturated heterocycles. The van der Waals surface area contributed by atoms with E-state index in [1.54, 1.807) is 6.92 Å². The molecule has 32 heavy (non-hydrogen) atoms. The first-order chi connectivity index (χ1) is 15.4. The Bertz CT molecular complexity index is 965. The number of carbonyl (C=O) groups is 1. The van der Waals surface area contributed by atoms with Gasteiger partial charge in [-0.15, -0.1) is 0 Å². The van der Waals surface area contributed by atoms with E-state index in [1.807, 2.05) is 33.8 Å². The SMILES string of the molecule is CCOc1cc(N2CCOCC2)c(OCC)cc1NCc1c(C)cc(C)c(C(C)=O)c1C. The second-order valence-corrected chi connectivity index (χ2v) is 8.18. The van der Waals surface area contributed by atoms with Crippen LogP contribution in [0.3, 0.4) is 0 Å². The van der Waals surface area contributed by atoms with Gasteiger partial charge in [0.1, 0.15) is 11.5 Å². The molecule has 6 nitrogen and oxygen atoms in total. The Hall–Kier alpha value is -2.73. The van der Waals surface area contributed by atoms with Crippen molar-refractivity contribution in [2.45, 2.75) is 48.1 Å². The Morgan fingerprint density at radius 1 is 1.00 bits per heavy atom. The van der Waals surface area contributed by atoms with Gasteiger partial charge < -0.3 is 24.4 Å². The van der Waals surface area contributed by atoms with Gasteiger partial charge >= 0.3 is 0 Å². The van der Waals surface area contributed by atoms with E-state index in [1.165, 1.54) is 5.56 Å². The molecule has 1 aliphatic heterocycles. The third kappa shape index (κ3) is 5.18. The summed E-state index contributed by atoms with van der Waals surface area (Å²) in [6, 6.07) is 6.19. The maximum atomic E-state index is 12.2. The number of aryl methyl sites for hydroxylation is 2. The largest absolute Gasteiger partial charge is 0.492 e. The number of hydrogen-bond acceptors (Lipinski definition) is 6. The molecule has 1 aliphatic rings. The molecule has 1 heterocycles. The van der Waals surface area contributed by atoms with E-state index in [0.717, 1.165) is 58.2 Å². The molecule has 1 N–H and O–H groups in total. The molecule has 174 valence electrons. The molecule has 0 aliphatic carbocycles. The van der Waals surface area contributed by atoms with Crippen LogP contribution in [0.1, 0.15) is 53.4 Å². The van der Waals surface area contributed by atoms with Crippen molar-refractivity contribution in [1.82, 2.24) is 0 Å². The normalized spacial score (nSPS) is 13.8. The van der Waals surface area contributed by atoms with Crippen LogP contribution in [0.25, 0.3) is 0 Å². The Balaban J connectivity index is 1.96. The van der Waals surface area contributed by atoms with Gasteiger partial charge in [-0.2, -0.15) is 0 Å². The topological polar surface area (TPSA) is 60.0 Å². The molecular formula is C26H36N2O4. The van der Waals surface area contributed by atoms with Gasteiger partial charge in [0.05, 0.1) is 37.8 Å². The Kier molecular flexibility index (Phi) is 8.02. The number of rotatable bonds is 9. The Morgan fingerprint density at radius 2 is 1.66 bits per heavy atom. The van der Waals surface area contributed by atoms with Crippen molar-refractivity contribution in [2.24, 2.45) is 0 Å². The number of hydrogen-bond donors (Lipinski definition) is 1. The minimum absolute atomic E-state index is 0.102. The summed E-state index contributed by atoms with van der Waals surface area (Å²) in [5.74, 6) is 1.73. The van der Waals surface area contributed by atoms with Crippen molar-refractivity contribution in [2.75, 3.05) is 49.7 Å². The van der Waals surface area contributed by atoms with Gasteiger partial charge in [0.15, 0.2) is 5.78 Å². The zero-order chi connectivity index (χ0) is 23.3. The standard InChI is InChI=1S/C26H36N2O4/c1-7-31-24-15-23(28-9-11-30-12-10-28)25(32-8-2)14-22(24)27-16-21-17(3)13-18(4)26(19(21)5)20(6)29/h13-15,27H,7-12,16H2,1-6H3. The van der Waals surface area contributed by atoms with Crippen molar-refractivity contribution >= 4 is 17.2 Å². The molecule has 0 bridgehead atoms. The number of ether oxygens (including phenoxy) is 3. The molecule has 0 radical (unpaired) electrons. The van der Waals surface area contributed by atoms with Crippen LogP contribution in [0.2, 0.25) is 0 Å². The zero-order valence-corrected chi connectivity index (χ0v) is 20.3. The second-order valence-electron chi connectivity index (χ2n) is 8.18. The minimum Gasteiger partial charge on any atom is -0.492 e. The van der Waals surface area contributed by atoms with Crippen molar-refractivity contribution in [1.29, 1.82) is 0 Å². The highest BCUT2D eigenvalue weighted by Crippen LogP contribution is 2.39. The molecule has 0 amide bonds. The fraction of sp³-hybridized carbons (Fsp3) is 0.500. The predicted octanol–water partition coefficient (Wildman–Crippen LogP) is 5.06. The molecule has 0 unspecified atom stereocenters. The van der Waals surface area contributed by atoms with Crippen LogP contribution in [0.4, 0.5) is 11.4 Å². The highest BCUT2D eigenvalue weighted by atomic mass is 16.5. The first-order valence-corrected chi connectivity index (χ1v) is 11.5. The van der Waals surface area contributed by atoms with Crippen LogP contribution in [0.5, 0.6) is 11.5 Å². The summed E-state index contributed by atoms with van der Waals surface area (Å²) in [5, 5.41) is 3.55. The number of morpholine rings is 1. The quantitative estimate of drug-likeness (QED) is 0.550. The van der Waals surface area contributed by atoms with Gasteiger partial charge in [0.25, 0.3) is 0 Å². The van der Waals surface area contributed by atoms with Crippen LogP contribution < -0.4 is 19.7 Å². The van der Waals surface area contributed by atoms with E-state index >= 15 is 0 Å². The smallest absolute Gasteiger partial charge is 0.160 e. The monoisotopic (exact) mass is 440 g/mol. The first-order valence-electron chi connectivity index (χ1n) is 11.5. The number of ketones is 1. The van der Waals surface area contributed by atoms with Crippen LogP contribution in [-0.4, -0.2) is 45.3 Å². The lowest BCUT2D eigenvalue weighted by atomic mass is 9.91. The molecule has 0 atom stereocenters. The van der Waals surface area contributed by atoms with Gasteiger partial charge in [-0.3, -0.25) is 4.79 Å². The highest BCUT2D eigenvalue weighted by Gasteiger charge is 2.20. The second kappa shape index (κ2) is 10.7. The number of anilines is 2. The molecule has 6 heteroatoms. The molecule has 0 saturated carbocycles. The van der Waals surface area contributed by atoms with E-state index < -0.39 is 0 Å². The van der Waals surface area contributed by atoms with Crippen molar-refractivity contribution in [3.8, 4) is 11.5 Å². The number of Topliss-reactive ketones (excluding diaryl/α,β-unsaturated/α-hetero) is 1. The summed E-state index contributed by atoms with van der Waals surface area (Å²) in [5.41, 5.74) is 7.11. The third-order valence-electron chi connectivity index (χ3n) is 5.95. The number of carbonyl (C=O) groups excluding carboxylic acids is 1. The summed E-state index contributed by atoms with van der Waals surface area (Å²) >= 11 is 0. The highest BCUT2D eigenvalue weighted by molar-refractivity contribution is 5.97. The van der Waals surface area contributed by atoms with Gasteiger partial charge in [0.2, 0.25) is 0 Å². The van der Waals surface area contributed by atoms with Gasteiger partial charge in [-0.1, -0.05) is 6.07 Å². The van der Waals surface area contributed by atoms with Gasteiger partial charge in [0, 0.05) is 37.3 Å². The molecular weight excluding hydrogens is 404 g/mol. The molecule has 3 rings (SSSR count). The fourth-order valence-corrected chi connectivity index (χ4v) is 4.51. The number of nitrogens with zero attached hydrogens (tertiary/aromatic N) is 1. The third-order valence-corrected chi connectivity index (χ3v) is 5.95. The predicted molar refractivity (Wildman–Crippen MR) is 130 cm³/mol. The fourth-order valence-electron chi connectivity index (χ4n) is 4.51. The summed E-state index contributed by atoms with van der Waals surface area (Å²) in [6.45, 7) is 16.6. The molecule has 1 fully saturated rings. The van der Waals surface area contributed by atoms with E-state index in [-0.39, 0.29) is 5.78 Å². The summed E-state index contributed by atoms with van der Waals surface area (Å²) in [6.07, 6.45) is 0. The van der Waals surface area contributed by atoms with Crippen LogP contribution in [0, 0.1) is 20.8 Å². The maximum absolute atomic E-state index is 12.2. The van der Waals surface area contributed by atoms with E-state index in [4.69, 9.17) is 14.2 Å². The van der Waals surface area contributed by atoms with Crippen LogP contribution in [0.15, 0.2) is 18.2 Å². The molecule has 0 spiro atoms. The van der Waals surface area contributed by atoms with Crippen molar-refractivity contribution in [3.05, 3.63) is 46.0 Å². The Labute approximate surface area is 191 Å². The average Bonchev–Trinajstić information content (AvgIpc) is 2.75. The van der Waals surface area contributed by atoms with E-state index in [2.05, 4.69) is 29.3 Å². The van der Waals surface area contributed by atoms with E-state index in [9.17, 15) is 4.79 Å². The first kappa shape index (κ1) is 23.9. The zero-order valence-electron chi connectivity index (χ0n) is 20.3. The molecule has 2 aromatic rings. The maximum Gasteiger partial charge on any atom is 0.160 e. The molecule has 2 aromatic carbocycles. The number of benzene rings is 2. The van der Waals surface area contributed by atoms with Crippen molar-refractivity contribution in [3.63, 3.8) is 0 Å². The average molecular weight is 441 g/mol. The van der Waals surface area contributed by atoms with Crippen molar-refractivity contribution < 1.29 is 19.0 Å². The lowest BCUT2D eigenvalue weighted by Crippen LogP contribution is -2.36. The van der Waals surface area contributed by atoms with Gasteiger partial charge in [-0.05, 0) is 63.8 Å². The summed E-state index contributed by atoms with van der Waals surface area (Å²) in [4.78, 5) is 14.5. The van der Waals surface area contributed by atoms with E-state index in [0.29, 0.717) is 33.0 Å². The molecule has 0 aromatic heterocycles. The summed E-state index contributed by atoms with van der Waals surface area (Å²) in [7, 11) is 0. The lowest BCUT2D eigenvalue weighted by Gasteiger charge is -2.31. The lowest BCUT2D eigenvalue weighted by molar-refractivity contribution is 0.101. The van der Waals surface area contributed by atoms with Gasteiger partial charge in [-0.25, -0.2) is 0 Å². The van der Waals surface area contributed by atoms with Crippen LogP contribution >= 0.6 is 0 Å². The number of nitrogens with one attached hydrogen (secondary N) is 1. The Morgan fingerprint density at radius 3 is 2.28 bits per heavy atom. The minimum atomic E-state index is 0.102. The summed E-state index contributed by atoms with van der Waals surface area (Å²) < 4.78 is 17.5. The van der Waals surface area contributed by atoms with Crippen LogP contribution in [-0.2, 0) is 11.3 Å².